The van der Waals surface area contributed by atoms with Crippen molar-refractivity contribution in [1.29, 1.82) is 0 Å². The summed E-state index contributed by atoms with van der Waals surface area (Å²) in [6, 6.07) is 7.09. The van der Waals surface area contributed by atoms with Gasteiger partial charge in [-0.15, -0.1) is 23.7 Å². The molecule has 0 saturated heterocycles. The fourth-order valence-electron chi connectivity index (χ4n) is 2.45. The average molecular weight is 422 g/mol. The van der Waals surface area contributed by atoms with Gasteiger partial charge < -0.3 is 20.3 Å². The summed E-state index contributed by atoms with van der Waals surface area (Å²) in [7, 11) is 0. The van der Waals surface area contributed by atoms with Gasteiger partial charge in [0.2, 0.25) is 11.7 Å². The molecule has 1 fully saturated rings. The van der Waals surface area contributed by atoms with E-state index in [2.05, 4.69) is 20.4 Å². The number of thiazole rings is 1. The predicted octanol–water partition coefficient (Wildman–Crippen LogP) is 3.16. The number of carbonyl (C=O) groups is 1. The zero-order valence-corrected chi connectivity index (χ0v) is 16.6. The number of hydrogen-bond donors (Lipinski definition) is 2. The molecule has 4 rings (SSSR count). The monoisotopic (exact) mass is 421 g/mol. The Balaban J connectivity index is 0.00000225. The molecule has 0 spiro atoms. The number of carbonyl (C=O) groups excluding carboxylic acids is 1. The standard InChI is InChI=1S/C18H19N5O3S.ClH/c19-8-7-16-21-14(10-27-16)17(24)20-12-3-5-13(6-4-12)25-9-15-22-18(26-23-15)11-1-2-11;/h3-6,10-11H,1-2,7-9,19H2,(H,20,24);1H. The Hall–Kier alpha value is -2.49. The molecule has 0 bridgehead atoms. The number of nitrogens with two attached hydrogens (primary N) is 1. The number of nitrogens with zero attached hydrogens (tertiary/aromatic N) is 3. The molecule has 28 heavy (non-hydrogen) atoms. The van der Waals surface area contributed by atoms with E-state index in [0.29, 0.717) is 47.7 Å². The molecule has 0 unspecified atom stereocenters. The molecule has 1 saturated carbocycles. The van der Waals surface area contributed by atoms with Crippen LogP contribution in [-0.4, -0.2) is 27.6 Å². The van der Waals surface area contributed by atoms with Crippen molar-refractivity contribution in [2.24, 2.45) is 5.73 Å². The first-order valence-corrected chi connectivity index (χ1v) is 9.60. The molecule has 1 amide bonds. The van der Waals surface area contributed by atoms with Crippen molar-refractivity contribution in [3.63, 3.8) is 0 Å². The van der Waals surface area contributed by atoms with Crippen LogP contribution in [0.5, 0.6) is 5.75 Å². The lowest BCUT2D eigenvalue weighted by molar-refractivity contribution is 0.102. The van der Waals surface area contributed by atoms with Crippen molar-refractivity contribution in [2.45, 2.75) is 31.8 Å². The Kier molecular flexibility index (Phi) is 6.61. The molecule has 0 radical (unpaired) electrons. The van der Waals surface area contributed by atoms with E-state index in [9.17, 15) is 4.79 Å². The lowest BCUT2D eigenvalue weighted by atomic mass is 10.3. The van der Waals surface area contributed by atoms with Gasteiger partial charge in [-0.25, -0.2) is 4.98 Å². The first kappa shape index (κ1) is 20.2. The highest BCUT2D eigenvalue weighted by Crippen LogP contribution is 2.38. The van der Waals surface area contributed by atoms with Crippen molar-refractivity contribution in [3.8, 4) is 5.75 Å². The lowest BCUT2D eigenvalue weighted by Crippen LogP contribution is -2.12. The summed E-state index contributed by atoms with van der Waals surface area (Å²) >= 11 is 1.44. The van der Waals surface area contributed by atoms with E-state index in [1.807, 2.05) is 0 Å². The number of benzene rings is 1. The fraction of sp³-hybridized carbons (Fsp3) is 0.333. The Labute approximate surface area is 171 Å². The molecule has 0 atom stereocenters. The maximum absolute atomic E-state index is 12.2. The molecule has 1 aromatic carbocycles. The summed E-state index contributed by atoms with van der Waals surface area (Å²) in [6.45, 7) is 0.756. The molecule has 2 heterocycles. The van der Waals surface area contributed by atoms with Crippen LogP contribution in [0.2, 0.25) is 0 Å². The van der Waals surface area contributed by atoms with E-state index < -0.39 is 0 Å². The van der Waals surface area contributed by atoms with Crippen molar-refractivity contribution in [1.82, 2.24) is 15.1 Å². The topological polar surface area (TPSA) is 116 Å². The number of halogens is 1. The van der Waals surface area contributed by atoms with Crippen LogP contribution in [0.15, 0.2) is 34.2 Å². The van der Waals surface area contributed by atoms with Crippen molar-refractivity contribution < 1.29 is 14.1 Å². The van der Waals surface area contributed by atoms with Gasteiger partial charge in [-0.05, 0) is 43.7 Å². The van der Waals surface area contributed by atoms with Gasteiger partial charge in [-0.3, -0.25) is 4.79 Å². The molecule has 1 aliphatic rings. The van der Waals surface area contributed by atoms with Crippen LogP contribution in [0.25, 0.3) is 0 Å². The molecular formula is C18H20ClN5O3S. The number of rotatable bonds is 8. The second-order valence-corrected chi connectivity index (χ2v) is 7.20. The molecule has 0 aliphatic heterocycles. The highest BCUT2D eigenvalue weighted by molar-refractivity contribution is 7.09. The van der Waals surface area contributed by atoms with Crippen molar-refractivity contribution in [2.75, 3.05) is 11.9 Å². The second kappa shape index (κ2) is 9.13. The maximum atomic E-state index is 12.2. The molecule has 148 valence electrons. The van der Waals surface area contributed by atoms with Crippen LogP contribution in [-0.2, 0) is 13.0 Å². The summed E-state index contributed by atoms with van der Waals surface area (Å²) in [5, 5.41) is 9.33. The third kappa shape index (κ3) is 5.06. The van der Waals surface area contributed by atoms with Gasteiger partial charge in [0.05, 0.1) is 5.01 Å². The summed E-state index contributed by atoms with van der Waals surface area (Å²) in [6.07, 6.45) is 2.91. The molecule has 10 heteroatoms. The smallest absolute Gasteiger partial charge is 0.275 e. The van der Waals surface area contributed by atoms with E-state index in [0.717, 1.165) is 17.8 Å². The van der Waals surface area contributed by atoms with Crippen LogP contribution in [0.4, 0.5) is 5.69 Å². The van der Waals surface area contributed by atoms with Crippen LogP contribution < -0.4 is 15.8 Å². The third-order valence-electron chi connectivity index (χ3n) is 4.03. The molecule has 2 aromatic heterocycles. The summed E-state index contributed by atoms with van der Waals surface area (Å²) in [5.74, 6) is 2.07. The summed E-state index contributed by atoms with van der Waals surface area (Å²) in [5.41, 5.74) is 6.56. The molecule has 1 aliphatic carbocycles. The number of ether oxygens (including phenoxy) is 1. The first-order valence-electron chi connectivity index (χ1n) is 8.72. The van der Waals surface area contributed by atoms with Gasteiger partial charge in [0.15, 0.2) is 6.61 Å². The summed E-state index contributed by atoms with van der Waals surface area (Å²) in [4.78, 5) is 20.8. The first-order chi connectivity index (χ1) is 13.2. The van der Waals surface area contributed by atoms with Crippen LogP contribution in [0.1, 0.15) is 46.0 Å². The Morgan fingerprint density at radius 2 is 2.07 bits per heavy atom. The van der Waals surface area contributed by atoms with Gasteiger partial charge in [-0.2, -0.15) is 4.98 Å². The lowest BCUT2D eigenvalue weighted by Gasteiger charge is -2.06. The quantitative estimate of drug-likeness (QED) is 0.573. The Bertz CT molecular complexity index is 923. The van der Waals surface area contributed by atoms with Crippen LogP contribution in [0.3, 0.4) is 0 Å². The Morgan fingerprint density at radius 3 is 2.79 bits per heavy atom. The van der Waals surface area contributed by atoms with E-state index in [1.165, 1.54) is 11.3 Å². The normalized spacial score (nSPS) is 13.0. The predicted molar refractivity (Wildman–Crippen MR) is 107 cm³/mol. The third-order valence-corrected chi connectivity index (χ3v) is 4.94. The van der Waals surface area contributed by atoms with E-state index >= 15 is 0 Å². The zero-order chi connectivity index (χ0) is 18.6. The van der Waals surface area contributed by atoms with E-state index in [4.69, 9.17) is 15.0 Å². The molecule has 3 N–H and O–H groups in total. The number of anilines is 1. The van der Waals surface area contributed by atoms with Gasteiger partial charge >= 0.3 is 0 Å². The highest BCUT2D eigenvalue weighted by atomic mass is 35.5. The number of aromatic nitrogens is 3. The van der Waals surface area contributed by atoms with Crippen LogP contribution >= 0.6 is 23.7 Å². The SMILES string of the molecule is Cl.NCCc1nc(C(=O)Nc2ccc(OCc3noc(C4CC4)n3)cc2)cs1. The highest BCUT2D eigenvalue weighted by Gasteiger charge is 2.29. The minimum atomic E-state index is -0.248. The fourth-order valence-corrected chi connectivity index (χ4v) is 3.25. The van der Waals surface area contributed by atoms with Crippen molar-refractivity contribution in [3.05, 3.63) is 52.1 Å². The van der Waals surface area contributed by atoms with E-state index in [1.54, 1.807) is 29.6 Å². The van der Waals surface area contributed by atoms with Gasteiger partial charge in [0.1, 0.15) is 11.4 Å². The average Bonchev–Trinajstić information content (AvgIpc) is 3.23. The van der Waals surface area contributed by atoms with Gasteiger partial charge in [0.25, 0.3) is 5.91 Å². The Morgan fingerprint density at radius 1 is 1.29 bits per heavy atom. The second-order valence-electron chi connectivity index (χ2n) is 6.26. The molecule has 8 nitrogen and oxygen atoms in total. The molecule has 3 aromatic rings. The largest absolute Gasteiger partial charge is 0.485 e. The number of nitrogens with one attached hydrogen (secondary N) is 1. The number of amides is 1. The van der Waals surface area contributed by atoms with Crippen LogP contribution in [0, 0.1) is 0 Å². The number of hydrogen-bond acceptors (Lipinski definition) is 8. The zero-order valence-electron chi connectivity index (χ0n) is 15.0. The van der Waals surface area contributed by atoms with Gasteiger partial charge in [-0.1, -0.05) is 5.16 Å². The molecular weight excluding hydrogens is 402 g/mol. The summed E-state index contributed by atoms with van der Waals surface area (Å²) < 4.78 is 10.9. The maximum Gasteiger partial charge on any atom is 0.275 e. The van der Waals surface area contributed by atoms with E-state index in [-0.39, 0.29) is 24.9 Å². The minimum absolute atomic E-state index is 0. The minimum Gasteiger partial charge on any atom is -0.485 e. The van der Waals surface area contributed by atoms with Crippen molar-refractivity contribution >= 4 is 35.3 Å². The van der Waals surface area contributed by atoms with Gasteiger partial charge in [0, 0.05) is 23.4 Å².